The van der Waals surface area contributed by atoms with E-state index >= 15 is 0 Å². The summed E-state index contributed by atoms with van der Waals surface area (Å²) >= 11 is 5.88. The van der Waals surface area contributed by atoms with Crippen LogP contribution in [0, 0.1) is 0 Å². The lowest BCUT2D eigenvalue weighted by atomic mass is 10.2. The fraction of sp³-hybridized carbons (Fsp3) is 0.294. The van der Waals surface area contributed by atoms with Crippen LogP contribution in [0.5, 0.6) is 5.75 Å². The molecule has 2 aromatic carbocycles. The Morgan fingerprint density at radius 1 is 1.05 bits per heavy atom. The molecule has 106 valence electrons. The molecule has 3 heteroatoms. The molecule has 0 amide bonds. The van der Waals surface area contributed by atoms with Crippen LogP contribution in [0.1, 0.15) is 25.3 Å². The number of hydrogen-bond donors (Lipinski definition) is 1. The molecular weight excluding hydrogens is 270 g/mol. The zero-order chi connectivity index (χ0) is 14.2. The highest BCUT2D eigenvalue weighted by molar-refractivity contribution is 6.30. The van der Waals surface area contributed by atoms with Crippen molar-refractivity contribution in [2.45, 2.75) is 26.3 Å². The lowest BCUT2D eigenvalue weighted by Crippen LogP contribution is -2.03. The summed E-state index contributed by atoms with van der Waals surface area (Å²) in [7, 11) is 0. The van der Waals surface area contributed by atoms with E-state index in [0.29, 0.717) is 0 Å². The van der Waals surface area contributed by atoms with E-state index < -0.39 is 0 Å². The Balaban J connectivity index is 1.96. The third-order valence-electron chi connectivity index (χ3n) is 3.04. The lowest BCUT2D eigenvalue weighted by Gasteiger charge is -2.13. The number of ether oxygens (including phenoxy) is 1. The molecule has 20 heavy (non-hydrogen) atoms. The molecule has 0 spiro atoms. The van der Waals surface area contributed by atoms with Gasteiger partial charge in [0.25, 0.3) is 0 Å². The molecule has 0 aromatic heterocycles. The molecule has 0 aliphatic carbocycles. The Hall–Kier alpha value is -1.67. The predicted octanol–water partition coefficient (Wildman–Crippen LogP) is 5.13. The monoisotopic (exact) mass is 289 g/mol. The van der Waals surface area contributed by atoms with Gasteiger partial charge in [0.15, 0.2) is 0 Å². The number of nitrogens with one attached hydrogen (secondary N) is 1. The van der Waals surface area contributed by atoms with Gasteiger partial charge in [-0.25, -0.2) is 0 Å². The number of hydrogen-bond acceptors (Lipinski definition) is 2. The van der Waals surface area contributed by atoms with Gasteiger partial charge in [-0.1, -0.05) is 49.2 Å². The van der Waals surface area contributed by atoms with Crippen LogP contribution in [0.4, 0.5) is 5.69 Å². The van der Waals surface area contributed by atoms with Gasteiger partial charge in [-0.3, -0.25) is 0 Å². The van der Waals surface area contributed by atoms with Gasteiger partial charge in [-0.15, -0.1) is 0 Å². The van der Waals surface area contributed by atoms with E-state index in [1.54, 1.807) is 0 Å². The molecule has 0 saturated carbocycles. The van der Waals surface area contributed by atoms with Crippen LogP contribution in [-0.4, -0.2) is 6.61 Å². The van der Waals surface area contributed by atoms with Gasteiger partial charge in [0.1, 0.15) is 5.75 Å². The van der Waals surface area contributed by atoms with E-state index in [-0.39, 0.29) is 0 Å². The molecule has 0 radical (unpaired) electrons. The first-order valence-corrected chi connectivity index (χ1v) is 7.37. The van der Waals surface area contributed by atoms with Crippen LogP contribution in [0.2, 0.25) is 5.02 Å². The maximum Gasteiger partial charge on any atom is 0.142 e. The number of unbranched alkanes of at least 4 members (excludes halogenated alkanes) is 1. The standard InChI is InChI=1S/C17H20ClNO/c1-2-3-12-20-17-7-5-4-6-16(17)19-13-14-8-10-15(18)11-9-14/h4-11,19H,2-3,12-13H2,1H3. The third kappa shape index (κ3) is 4.46. The summed E-state index contributed by atoms with van der Waals surface area (Å²) in [6.45, 7) is 3.68. The number of anilines is 1. The zero-order valence-corrected chi connectivity index (χ0v) is 12.5. The molecule has 0 bridgehead atoms. The Morgan fingerprint density at radius 3 is 2.55 bits per heavy atom. The van der Waals surface area contributed by atoms with Crippen molar-refractivity contribution in [2.24, 2.45) is 0 Å². The summed E-state index contributed by atoms with van der Waals surface area (Å²) in [6, 6.07) is 15.9. The quantitative estimate of drug-likeness (QED) is 0.713. The number of para-hydroxylation sites is 2. The Bertz CT molecular complexity index is 525. The van der Waals surface area contributed by atoms with E-state index in [0.717, 1.165) is 42.5 Å². The summed E-state index contributed by atoms with van der Waals surface area (Å²) in [5, 5.41) is 4.17. The number of halogens is 1. The minimum Gasteiger partial charge on any atom is -0.491 e. The second-order valence-electron chi connectivity index (χ2n) is 4.68. The lowest BCUT2D eigenvalue weighted by molar-refractivity contribution is 0.310. The van der Waals surface area contributed by atoms with Crippen molar-refractivity contribution in [2.75, 3.05) is 11.9 Å². The van der Waals surface area contributed by atoms with Crippen molar-refractivity contribution in [1.29, 1.82) is 0 Å². The molecule has 2 rings (SSSR count). The molecule has 0 saturated heterocycles. The molecular formula is C17H20ClNO. The molecule has 0 atom stereocenters. The van der Waals surface area contributed by atoms with E-state index in [1.807, 2.05) is 48.5 Å². The molecule has 0 aliphatic rings. The molecule has 0 unspecified atom stereocenters. The van der Waals surface area contributed by atoms with Gasteiger partial charge in [0.2, 0.25) is 0 Å². The van der Waals surface area contributed by atoms with Crippen molar-refractivity contribution >= 4 is 17.3 Å². The smallest absolute Gasteiger partial charge is 0.142 e. The normalized spacial score (nSPS) is 10.3. The van der Waals surface area contributed by atoms with Crippen LogP contribution in [0.15, 0.2) is 48.5 Å². The van der Waals surface area contributed by atoms with Gasteiger partial charge < -0.3 is 10.1 Å². The minimum absolute atomic E-state index is 0.755. The first-order valence-electron chi connectivity index (χ1n) is 6.99. The predicted molar refractivity (Wildman–Crippen MR) is 85.6 cm³/mol. The van der Waals surface area contributed by atoms with Crippen molar-refractivity contribution in [3.05, 3.63) is 59.1 Å². The van der Waals surface area contributed by atoms with Gasteiger partial charge >= 0.3 is 0 Å². The highest BCUT2D eigenvalue weighted by atomic mass is 35.5. The topological polar surface area (TPSA) is 21.3 Å². The first-order chi connectivity index (χ1) is 9.79. The van der Waals surface area contributed by atoms with Crippen LogP contribution in [-0.2, 0) is 6.54 Å². The maximum atomic E-state index is 5.88. The fourth-order valence-corrected chi connectivity index (χ4v) is 1.99. The van der Waals surface area contributed by atoms with Crippen LogP contribution in [0.3, 0.4) is 0 Å². The second-order valence-corrected chi connectivity index (χ2v) is 5.11. The Labute approximate surface area is 125 Å². The number of benzene rings is 2. The maximum absolute atomic E-state index is 5.88. The molecule has 2 nitrogen and oxygen atoms in total. The van der Waals surface area contributed by atoms with E-state index in [9.17, 15) is 0 Å². The van der Waals surface area contributed by atoms with Gasteiger partial charge in [0.05, 0.1) is 12.3 Å². The highest BCUT2D eigenvalue weighted by Gasteiger charge is 2.02. The van der Waals surface area contributed by atoms with Crippen molar-refractivity contribution in [3.8, 4) is 5.75 Å². The van der Waals surface area contributed by atoms with Crippen molar-refractivity contribution in [3.63, 3.8) is 0 Å². The summed E-state index contributed by atoms with van der Waals surface area (Å²) < 4.78 is 5.80. The summed E-state index contributed by atoms with van der Waals surface area (Å²) in [5.41, 5.74) is 2.22. The Kier molecular flexibility index (Phi) is 5.75. The molecule has 0 aliphatic heterocycles. The van der Waals surface area contributed by atoms with Gasteiger partial charge in [-0.2, -0.15) is 0 Å². The number of rotatable bonds is 7. The molecule has 2 aromatic rings. The summed E-state index contributed by atoms with van der Waals surface area (Å²) in [4.78, 5) is 0. The van der Waals surface area contributed by atoms with E-state index in [1.165, 1.54) is 5.56 Å². The Morgan fingerprint density at radius 2 is 1.80 bits per heavy atom. The summed E-state index contributed by atoms with van der Waals surface area (Å²) in [5.74, 6) is 0.912. The van der Waals surface area contributed by atoms with Crippen LogP contribution >= 0.6 is 11.6 Å². The van der Waals surface area contributed by atoms with Gasteiger partial charge in [-0.05, 0) is 36.2 Å². The SMILES string of the molecule is CCCCOc1ccccc1NCc1ccc(Cl)cc1. The molecule has 0 heterocycles. The second kappa shape index (κ2) is 7.81. The van der Waals surface area contributed by atoms with Crippen molar-refractivity contribution in [1.82, 2.24) is 0 Å². The summed E-state index contributed by atoms with van der Waals surface area (Å²) in [6.07, 6.45) is 2.21. The minimum atomic E-state index is 0.755. The van der Waals surface area contributed by atoms with Gasteiger partial charge in [0, 0.05) is 11.6 Å². The van der Waals surface area contributed by atoms with Crippen LogP contribution < -0.4 is 10.1 Å². The van der Waals surface area contributed by atoms with Crippen molar-refractivity contribution < 1.29 is 4.74 Å². The largest absolute Gasteiger partial charge is 0.491 e. The molecule has 1 N–H and O–H groups in total. The average molecular weight is 290 g/mol. The third-order valence-corrected chi connectivity index (χ3v) is 3.29. The van der Waals surface area contributed by atoms with E-state index in [4.69, 9.17) is 16.3 Å². The zero-order valence-electron chi connectivity index (χ0n) is 11.7. The first kappa shape index (κ1) is 14.7. The average Bonchev–Trinajstić information content (AvgIpc) is 2.48. The van der Waals surface area contributed by atoms with Crippen LogP contribution in [0.25, 0.3) is 0 Å². The fourth-order valence-electron chi connectivity index (χ4n) is 1.86. The molecule has 0 fully saturated rings. The highest BCUT2D eigenvalue weighted by Crippen LogP contribution is 2.24. The van der Waals surface area contributed by atoms with E-state index in [2.05, 4.69) is 12.2 Å².